The van der Waals surface area contributed by atoms with E-state index in [2.05, 4.69) is 0 Å². The number of carboxylic acids is 1. The van der Waals surface area contributed by atoms with Crippen LogP contribution in [0.15, 0.2) is 11.3 Å². The Morgan fingerprint density at radius 3 is 2.50 bits per heavy atom. The molecule has 4 nitrogen and oxygen atoms in total. The molecule has 0 aromatic heterocycles. The van der Waals surface area contributed by atoms with Gasteiger partial charge in [-0.05, 0) is 12.8 Å². The zero-order chi connectivity index (χ0) is 11.0. The molecule has 0 spiro atoms. The van der Waals surface area contributed by atoms with Gasteiger partial charge in [-0.3, -0.25) is 0 Å². The Kier molecular flexibility index (Phi) is 6.21. The summed E-state index contributed by atoms with van der Waals surface area (Å²) in [4.78, 5) is 10.7. The molecule has 0 unspecified atom stereocenters. The van der Waals surface area contributed by atoms with Crippen LogP contribution in [0, 0.1) is 11.3 Å². The van der Waals surface area contributed by atoms with Crippen molar-refractivity contribution in [3.63, 3.8) is 0 Å². The van der Waals surface area contributed by atoms with Crippen LogP contribution in [0.25, 0.3) is 0 Å². The van der Waals surface area contributed by atoms with Gasteiger partial charge in [0.25, 0.3) is 0 Å². The van der Waals surface area contributed by atoms with Gasteiger partial charge in [0.15, 0.2) is 0 Å². The quantitative estimate of drug-likeness (QED) is 0.306. The zero-order valence-electron chi connectivity index (χ0n) is 8.54. The van der Waals surface area contributed by atoms with E-state index in [1.165, 1.54) is 0 Å². The molecular weight excluding hydrogens is 182 g/mol. The van der Waals surface area contributed by atoms with E-state index in [9.17, 15) is 4.79 Å². The van der Waals surface area contributed by atoms with E-state index in [1.807, 2.05) is 13.0 Å². The van der Waals surface area contributed by atoms with Gasteiger partial charge in [-0.2, -0.15) is 5.26 Å². The van der Waals surface area contributed by atoms with Crippen LogP contribution in [0.5, 0.6) is 0 Å². The summed E-state index contributed by atoms with van der Waals surface area (Å²) >= 11 is 0. The first-order valence-electron chi connectivity index (χ1n) is 4.66. The smallest absolute Gasteiger partial charge is 0.372 e. The first-order valence-corrected chi connectivity index (χ1v) is 4.66. The van der Waals surface area contributed by atoms with Crippen LogP contribution in [0.1, 0.15) is 33.1 Å². The monoisotopic (exact) mass is 197 g/mol. The molecule has 4 heteroatoms. The average Bonchev–Trinajstić information content (AvgIpc) is 2.17. The highest BCUT2D eigenvalue weighted by molar-refractivity contribution is 5.86. The number of hydrogen-bond donors (Lipinski definition) is 1. The first-order chi connectivity index (χ1) is 6.67. The Hall–Kier alpha value is -1.50. The van der Waals surface area contributed by atoms with Crippen LogP contribution in [0.2, 0.25) is 0 Å². The Balaban J connectivity index is 4.52. The van der Waals surface area contributed by atoms with Crippen molar-refractivity contribution in [2.45, 2.75) is 33.1 Å². The molecule has 0 aliphatic carbocycles. The van der Waals surface area contributed by atoms with Gasteiger partial charge in [0.2, 0.25) is 5.76 Å². The second kappa shape index (κ2) is 6.96. The summed E-state index contributed by atoms with van der Waals surface area (Å²) in [5, 5.41) is 17.4. The number of ether oxygens (including phenoxy) is 1. The molecule has 0 aliphatic heterocycles. The highest BCUT2D eigenvalue weighted by Crippen LogP contribution is 2.10. The summed E-state index contributed by atoms with van der Waals surface area (Å²) in [6, 6.07) is 1.83. The van der Waals surface area contributed by atoms with E-state index in [4.69, 9.17) is 15.1 Å². The van der Waals surface area contributed by atoms with Crippen molar-refractivity contribution in [2.24, 2.45) is 0 Å². The van der Waals surface area contributed by atoms with Crippen LogP contribution in [0.3, 0.4) is 0 Å². The second-order valence-electron chi connectivity index (χ2n) is 2.78. The molecule has 0 saturated heterocycles. The van der Waals surface area contributed by atoms with Gasteiger partial charge in [0.1, 0.15) is 0 Å². The lowest BCUT2D eigenvalue weighted by molar-refractivity contribution is -0.136. The summed E-state index contributed by atoms with van der Waals surface area (Å²) in [6.07, 6.45) is 2.10. The van der Waals surface area contributed by atoms with E-state index in [1.54, 1.807) is 6.92 Å². The first kappa shape index (κ1) is 12.5. The third-order valence-corrected chi connectivity index (χ3v) is 1.70. The van der Waals surface area contributed by atoms with Crippen molar-refractivity contribution >= 4 is 5.97 Å². The maximum atomic E-state index is 10.7. The molecule has 0 aromatic carbocycles. The number of aliphatic carboxylic acids is 1. The third-order valence-electron chi connectivity index (χ3n) is 1.70. The normalized spacial score (nSPS) is 11.5. The van der Waals surface area contributed by atoms with Crippen molar-refractivity contribution in [1.29, 1.82) is 5.26 Å². The number of allylic oxidation sites excluding steroid dienone is 1. The molecule has 78 valence electrons. The van der Waals surface area contributed by atoms with E-state index in [0.29, 0.717) is 13.0 Å². The Morgan fingerprint density at radius 2 is 2.14 bits per heavy atom. The Bertz CT molecular complexity index is 263. The number of rotatable bonds is 6. The molecule has 1 N–H and O–H groups in total. The minimum absolute atomic E-state index is 0.189. The fourth-order valence-electron chi connectivity index (χ4n) is 0.887. The van der Waals surface area contributed by atoms with E-state index in [0.717, 1.165) is 12.8 Å². The summed E-state index contributed by atoms with van der Waals surface area (Å²) in [5.74, 6) is -1.37. The molecule has 0 bridgehead atoms. The Morgan fingerprint density at radius 1 is 1.50 bits per heavy atom. The van der Waals surface area contributed by atoms with Gasteiger partial charge in [-0.1, -0.05) is 20.3 Å². The van der Waals surface area contributed by atoms with Crippen molar-refractivity contribution < 1.29 is 14.6 Å². The SMILES string of the molecule is CCCCO/C(C(=O)O)=C(\C#N)CC. The third kappa shape index (κ3) is 3.94. The van der Waals surface area contributed by atoms with Gasteiger partial charge in [-0.25, -0.2) is 4.79 Å². The van der Waals surface area contributed by atoms with Crippen molar-refractivity contribution in [3.8, 4) is 6.07 Å². The highest BCUT2D eigenvalue weighted by Gasteiger charge is 2.14. The van der Waals surface area contributed by atoms with E-state index < -0.39 is 5.97 Å². The van der Waals surface area contributed by atoms with E-state index in [-0.39, 0.29) is 11.3 Å². The highest BCUT2D eigenvalue weighted by atomic mass is 16.5. The zero-order valence-corrected chi connectivity index (χ0v) is 8.54. The maximum absolute atomic E-state index is 10.7. The average molecular weight is 197 g/mol. The summed E-state index contributed by atoms with van der Waals surface area (Å²) in [5.41, 5.74) is 0.189. The standard InChI is InChI=1S/C10H15NO3/c1-3-5-6-14-9(10(12)13)8(4-2)7-11/h3-6H2,1-2H3,(H,12,13)/b9-8-. The Labute approximate surface area is 83.8 Å². The van der Waals surface area contributed by atoms with Crippen molar-refractivity contribution in [3.05, 3.63) is 11.3 Å². The fraction of sp³-hybridized carbons (Fsp3) is 0.600. The topological polar surface area (TPSA) is 70.3 Å². The number of carbonyl (C=O) groups is 1. The number of hydrogen-bond acceptors (Lipinski definition) is 3. The molecule has 0 heterocycles. The predicted molar refractivity (Wildman–Crippen MR) is 51.4 cm³/mol. The molecule has 0 aliphatic rings. The second-order valence-corrected chi connectivity index (χ2v) is 2.78. The lowest BCUT2D eigenvalue weighted by atomic mass is 10.2. The maximum Gasteiger partial charge on any atom is 0.372 e. The lowest BCUT2D eigenvalue weighted by Gasteiger charge is -2.07. The van der Waals surface area contributed by atoms with Gasteiger partial charge >= 0.3 is 5.97 Å². The van der Waals surface area contributed by atoms with Gasteiger partial charge < -0.3 is 9.84 Å². The summed E-state index contributed by atoms with van der Waals surface area (Å²) in [6.45, 7) is 4.06. The van der Waals surface area contributed by atoms with Crippen molar-refractivity contribution in [1.82, 2.24) is 0 Å². The molecule has 0 saturated carbocycles. The van der Waals surface area contributed by atoms with Crippen LogP contribution in [-0.2, 0) is 9.53 Å². The van der Waals surface area contributed by atoms with Crippen LogP contribution >= 0.6 is 0 Å². The van der Waals surface area contributed by atoms with Gasteiger partial charge in [0.05, 0.1) is 18.2 Å². The molecule has 14 heavy (non-hydrogen) atoms. The molecular formula is C10H15NO3. The van der Waals surface area contributed by atoms with E-state index >= 15 is 0 Å². The molecule has 0 atom stereocenters. The predicted octanol–water partition coefficient (Wildman–Crippen LogP) is 2.08. The molecule has 0 fully saturated rings. The van der Waals surface area contributed by atoms with Crippen LogP contribution in [0.4, 0.5) is 0 Å². The molecule has 0 radical (unpaired) electrons. The summed E-state index contributed by atoms with van der Waals surface area (Å²) in [7, 11) is 0. The van der Waals surface area contributed by atoms with Crippen LogP contribution in [-0.4, -0.2) is 17.7 Å². The molecule has 0 rings (SSSR count). The number of carboxylic acid groups (broad SMARTS) is 1. The van der Waals surface area contributed by atoms with Gasteiger partial charge in [0, 0.05) is 0 Å². The lowest BCUT2D eigenvalue weighted by Crippen LogP contribution is -2.09. The van der Waals surface area contributed by atoms with Gasteiger partial charge in [-0.15, -0.1) is 0 Å². The van der Waals surface area contributed by atoms with Crippen molar-refractivity contribution in [2.75, 3.05) is 6.61 Å². The minimum atomic E-state index is -1.17. The summed E-state index contributed by atoms with van der Waals surface area (Å²) < 4.78 is 5.05. The molecule has 0 aromatic rings. The number of unbranched alkanes of at least 4 members (excludes halogenated alkanes) is 1. The van der Waals surface area contributed by atoms with Crippen LogP contribution < -0.4 is 0 Å². The number of nitriles is 1. The largest absolute Gasteiger partial charge is 0.486 e. The molecule has 0 amide bonds. The fourth-order valence-corrected chi connectivity index (χ4v) is 0.887. The minimum Gasteiger partial charge on any atom is -0.486 e. The number of nitrogens with zero attached hydrogens (tertiary/aromatic N) is 1.